The lowest BCUT2D eigenvalue weighted by Gasteiger charge is -2.05. The lowest BCUT2D eigenvalue weighted by atomic mass is 10.1. The minimum absolute atomic E-state index is 0.374. The second-order valence-electron chi connectivity index (χ2n) is 4.71. The van der Waals surface area contributed by atoms with Gasteiger partial charge in [0.15, 0.2) is 5.76 Å². The van der Waals surface area contributed by atoms with Gasteiger partial charge in [-0.05, 0) is 47.2 Å². The minimum Gasteiger partial charge on any atom is -0.484 e. The molecule has 0 saturated carbocycles. The molecule has 0 bridgehead atoms. The van der Waals surface area contributed by atoms with Crippen LogP contribution in [0.5, 0.6) is 5.75 Å². The highest BCUT2D eigenvalue weighted by molar-refractivity contribution is 14.1. The summed E-state index contributed by atoms with van der Waals surface area (Å²) in [6, 6.07) is 17.9. The summed E-state index contributed by atoms with van der Waals surface area (Å²) in [5, 5.41) is 4.13. The van der Waals surface area contributed by atoms with E-state index in [1.54, 1.807) is 0 Å². The molecule has 1 aromatic heterocycles. The molecule has 0 unspecified atom stereocenters. The third kappa shape index (κ3) is 3.26. The predicted molar refractivity (Wildman–Crippen MR) is 90.2 cm³/mol. The van der Waals surface area contributed by atoms with Crippen LogP contribution in [0.15, 0.2) is 59.1 Å². The van der Waals surface area contributed by atoms with Crippen molar-refractivity contribution in [2.24, 2.45) is 0 Å². The number of ether oxygens (including phenoxy) is 1. The fourth-order valence-corrected chi connectivity index (χ4v) is 2.62. The number of benzene rings is 2. The Morgan fingerprint density at radius 2 is 1.86 bits per heavy atom. The van der Waals surface area contributed by atoms with Crippen LogP contribution in [0, 0.1) is 10.5 Å². The van der Waals surface area contributed by atoms with E-state index in [9.17, 15) is 0 Å². The number of hydrogen-bond donors (Lipinski definition) is 0. The van der Waals surface area contributed by atoms with Crippen molar-refractivity contribution in [3.63, 3.8) is 0 Å². The van der Waals surface area contributed by atoms with E-state index >= 15 is 0 Å². The first-order chi connectivity index (χ1) is 10.2. The van der Waals surface area contributed by atoms with E-state index in [1.807, 2.05) is 48.5 Å². The average Bonchev–Trinajstić information content (AvgIpc) is 2.96. The van der Waals surface area contributed by atoms with Crippen LogP contribution in [-0.4, -0.2) is 5.16 Å². The van der Waals surface area contributed by atoms with Crippen molar-refractivity contribution < 1.29 is 9.26 Å². The molecule has 0 N–H and O–H groups in total. The first-order valence-electron chi connectivity index (χ1n) is 6.63. The van der Waals surface area contributed by atoms with Crippen molar-refractivity contribution in [3.8, 4) is 17.0 Å². The molecule has 0 fully saturated rings. The number of nitrogens with zero attached hydrogens (tertiary/aromatic N) is 1. The summed E-state index contributed by atoms with van der Waals surface area (Å²) in [4.78, 5) is 0. The summed E-state index contributed by atoms with van der Waals surface area (Å²) < 4.78 is 12.2. The van der Waals surface area contributed by atoms with Crippen LogP contribution < -0.4 is 4.74 Å². The van der Waals surface area contributed by atoms with Gasteiger partial charge in [-0.25, -0.2) is 0 Å². The molecule has 4 heteroatoms. The molecule has 0 amide bonds. The Kier molecular flexibility index (Phi) is 4.24. The van der Waals surface area contributed by atoms with Gasteiger partial charge in [-0.15, -0.1) is 0 Å². The summed E-state index contributed by atoms with van der Waals surface area (Å²) in [7, 11) is 0. The van der Waals surface area contributed by atoms with Crippen LogP contribution in [-0.2, 0) is 6.61 Å². The maximum Gasteiger partial charge on any atom is 0.174 e. The number of para-hydroxylation sites is 1. The second kappa shape index (κ2) is 6.30. The largest absolute Gasteiger partial charge is 0.484 e. The standard InChI is InChI=1S/C17H14INO2/c1-12-6-2-3-7-14(12)16-10-13(21-19-16)11-20-17-9-5-4-8-15(17)18/h2-10H,11H2,1H3. The van der Waals surface area contributed by atoms with Gasteiger partial charge in [0.25, 0.3) is 0 Å². The van der Waals surface area contributed by atoms with Crippen LogP contribution in [0.3, 0.4) is 0 Å². The molecule has 3 nitrogen and oxygen atoms in total. The van der Waals surface area contributed by atoms with Gasteiger partial charge in [-0.1, -0.05) is 41.6 Å². The Morgan fingerprint density at radius 1 is 1.10 bits per heavy atom. The number of aryl methyl sites for hydroxylation is 1. The van der Waals surface area contributed by atoms with E-state index in [0.29, 0.717) is 12.4 Å². The lowest BCUT2D eigenvalue weighted by Crippen LogP contribution is -1.95. The van der Waals surface area contributed by atoms with Crippen molar-refractivity contribution in [1.82, 2.24) is 5.16 Å². The Morgan fingerprint density at radius 3 is 2.67 bits per heavy atom. The normalized spacial score (nSPS) is 10.6. The Balaban J connectivity index is 1.74. The monoisotopic (exact) mass is 391 g/mol. The predicted octanol–water partition coefficient (Wildman–Crippen LogP) is 4.83. The van der Waals surface area contributed by atoms with Crippen LogP contribution in [0.1, 0.15) is 11.3 Å². The molecule has 0 aliphatic carbocycles. The van der Waals surface area contributed by atoms with E-state index in [-0.39, 0.29) is 0 Å². The molecular formula is C17H14INO2. The summed E-state index contributed by atoms with van der Waals surface area (Å²) >= 11 is 2.25. The summed E-state index contributed by atoms with van der Waals surface area (Å²) in [6.07, 6.45) is 0. The van der Waals surface area contributed by atoms with Gasteiger partial charge in [0.2, 0.25) is 0 Å². The van der Waals surface area contributed by atoms with Crippen molar-refractivity contribution in [2.45, 2.75) is 13.5 Å². The number of halogens is 1. The second-order valence-corrected chi connectivity index (χ2v) is 5.87. The zero-order valence-corrected chi connectivity index (χ0v) is 13.7. The van der Waals surface area contributed by atoms with Gasteiger partial charge in [0.1, 0.15) is 18.1 Å². The van der Waals surface area contributed by atoms with Crippen molar-refractivity contribution in [1.29, 1.82) is 0 Å². The molecule has 0 spiro atoms. The van der Waals surface area contributed by atoms with Gasteiger partial charge in [-0.3, -0.25) is 0 Å². The fraction of sp³-hybridized carbons (Fsp3) is 0.118. The summed E-state index contributed by atoms with van der Waals surface area (Å²) in [5.74, 6) is 1.57. The van der Waals surface area contributed by atoms with Crippen LogP contribution >= 0.6 is 22.6 Å². The molecule has 21 heavy (non-hydrogen) atoms. The zero-order valence-electron chi connectivity index (χ0n) is 11.5. The Hall–Kier alpha value is -1.82. The lowest BCUT2D eigenvalue weighted by molar-refractivity contribution is 0.248. The molecule has 3 rings (SSSR count). The molecule has 0 saturated heterocycles. The quantitative estimate of drug-likeness (QED) is 0.598. The Bertz CT molecular complexity index is 752. The van der Waals surface area contributed by atoms with E-state index in [2.05, 4.69) is 40.7 Å². The van der Waals surface area contributed by atoms with Gasteiger partial charge >= 0.3 is 0 Å². The molecule has 2 aromatic carbocycles. The van der Waals surface area contributed by atoms with E-state index < -0.39 is 0 Å². The molecule has 0 atom stereocenters. The SMILES string of the molecule is Cc1ccccc1-c1cc(COc2ccccc2I)on1. The average molecular weight is 391 g/mol. The van der Waals surface area contributed by atoms with Crippen molar-refractivity contribution in [3.05, 3.63) is 69.5 Å². The number of rotatable bonds is 4. The third-order valence-corrected chi connectivity index (χ3v) is 4.08. The first-order valence-corrected chi connectivity index (χ1v) is 7.71. The molecule has 0 aliphatic rings. The minimum atomic E-state index is 0.374. The highest BCUT2D eigenvalue weighted by Crippen LogP contribution is 2.24. The summed E-state index contributed by atoms with van der Waals surface area (Å²) in [5.41, 5.74) is 3.10. The summed E-state index contributed by atoms with van der Waals surface area (Å²) in [6.45, 7) is 2.44. The van der Waals surface area contributed by atoms with Crippen molar-refractivity contribution in [2.75, 3.05) is 0 Å². The zero-order chi connectivity index (χ0) is 14.7. The Labute approximate surface area is 137 Å². The molecule has 1 heterocycles. The highest BCUT2D eigenvalue weighted by Gasteiger charge is 2.09. The van der Waals surface area contributed by atoms with E-state index in [0.717, 1.165) is 20.6 Å². The molecule has 0 radical (unpaired) electrons. The van der Waals surface area contributed by atoms with Crippen LogP contribution in [0.2, 0.25) is 0 Å². The number of hydrogen-bond acceptors (Lipinski definition) is 3. The third-order valence-electron chi connectivity index (χ3n) is 3.19. The number of aromatic nitrogens is 1. The van der Waals surface area contributed by atoms with Gasteiger partial charge < -0.3 is 9.26 Å². The maximum atomic E-state index is 5.76. The topological polar surface area (TPSA) is 35.3 Å². The van der Waals surface area contributed by atoms with Crippen molar-refractivity contribution >= 4 is 22.6 Å². The van der Waals surface area contributed by atoms with Gasteiger partial charge in [0.05, 0.1) is 3.57 Å². The smallest absolute Gasteiger partial charge is 0.174 e. The van der Waals surface area contributed by atoms with E-state index in [1.165, 1.54) is 5.56 Å². The first kappa shape index (κ1) is 14.1. The molecular weight excluding hydrogens is 377 g/mol. The molecule has 106 valence electrons. The molecule has 3 aromatic rings. The van der Waals surface area contributed by atoms with E-state index in [4.69, 9.17) is 9.26 Å². The molecule has 0 aliphatic heterocycles. The van der Waals surface area contributed by atoms with Gasteiger partial charge in [0, 0.05) is 11.6 Å². The highest BCUT2D eigenvalue weighted by atomic mass is 127. The van der Waals surface area contributed by atoms with Gasteiger partial charge in [-0.2, -0.15) is 0 Å². The maximum absolute atomic E-state index is 5.76. The fourth-order valence-electron chi connectivity index (χ4n) is 2.08. The van der Waals surface area contributed by atoms with Crippen LogP contribution in [0.25, 0.3) is 11.3 Å². The van der Waals surface area contributed by atoms with Crippen LogP contribution in [0.4, 0.5) is 0 Å².